The summed E-state index contributed by atoms with van der Waals surface area (Å²) in [6, 6.07) is 0. The minimum atomic E-state index is -1.09. The molecule has 3 aromatic heterocycles. The second-order valence-corrected chi connectivity index (χ2v) is 8.32. The zero-order chi connectivity index (χ0) is 22.6. The number of hydrogen-bond acceptors (Lipinski definition) is 5. The summed E-state index contributed by atoms with van der Waals surface area (Å²) in [5.74, 6) is -1.56. The molecule has 1 amide bonds. The van der Waals surface area contributed by atoms with Crippen LogP contribution in [-0.4, -0.2) is 50.4 Å². The summed E-state index contributed by atoms with van der Waals surface area (Å²) in [6.45, 7) is 2.16. The number of ether oxygens (including phenoxy) is 1. The van der Waals surface area contributed by atoms with Gasteiger partial charge in [0.15, 0.2) is 11.5 Å². The van der Waals surface area contributed by atoms with Gasteiger partial charge in [-0.15, -0.1) is 0 Å². The Hall–Kier alpha value is -3.11. The summed E-state index contributed by atoms with van der Waals surface area (Å²) in [4.78, 5) is 20.7. The number of carbonyl (C=O) groups excluding carboxylic acids is 1. The monoisotopic (exact) mass is 460 g/mol. The van der Waals surface area contributed by atoms with Crippen LogP contribution in [0.1, 0.15) is 24.8 Å². The number of halogens is 3. The van der Waals surface area contributed by atoms with Crippen molar-refractivity contribution in [3.05, 3.63) is 41.2 Å². The number of aromatic amines is 1. The number of imidazole rings is 1. The molecule has 3 heterocycles. The molecule has 1 saturated carbocycles. The van der Waals surface area contributed by atoms with Crippen molar-refractivity contribution in [2.24, 2.45) is 5.92 Å². The van der Waals surface area contributed by atoms with E-state index in [1.54, 1.807) is 30.1 Å². The lowest BCUT2D eigenvalue weighted by molar-refractivity contribution is -0.117. The van der Waals surface area contributed by atoms with Crippen LogP contribution in [0.2, 0.25) is 5.02 Å². The van der Waals surface area contributed by atoms with Crippen molar-refractivity contribution in [1.82, 2.24) is 24.6 Å². The topological polar surface area (TPSA) is 97.2 Å². The van der Waals surface area contributed by atoms with Gasteiger partial charge in [-0.05, 0) is 6.42 Å². The summed E-state index contributed by atoms with van der Waals surface area (Å²) in [7, 11) is 1.55. The van der Waals surface area contributed by atoms with Crippen LogP contribution in [0.15, 0.2) is 24.8 Å². The summed E-state index contributed by atoms with van der Waals surface area (Å²) in [5.41, 5.74) is 2.17. The smallest absolute Gasteiger partial charge is 0.231 e. The fourth-order valence-corrected chi connectivity index (χ4v) is 4.23. The maximum absolute atomic E-state index is 15.3. The quantitative estimate of drug-likeness (QED) is 0.451. The molecule has 5 rings (SSSR count). The lowest BCUT2D eigenvalue weighted by Crippen LogP contribution is -2.15. The number of aromatic nitrogens is 5. The lowest BCUT2D eigenvalue weighted by atomic mass is 9.95. The van der Waals surface area contributed by atoms with E-state index >= 15 is 4.39 Å². The molecule has 3 atom stereocenters. The van der Waals surface area contributed by atoms with E-state index in [0.717, 1.165) is 0 Å². The summed E-state index contributed by atoms with van der Waals surface area (Å²) in [6.07, 6.45) is 5.42. The predicted octanol–water partition coefficient (Wildman–Crippen LogP) is 4.11. The zero-order valence-corrected chi connectivity index (χ0v) is 18.0. The van der Waals surface area contributed by atoms with Crippen LogP contribution in [-0.2, 0) is 9.53 Å². The largest absolute Gasteiger partial charge is 0.384 e. The molecule has 2 N–H and O–H groups in total. The third-order valence-electron chi connectivity index (χ3n) is 5.63. The van der Waals surface area contributed by atoms with E-state index in [0.29, 0.717) is 40.0 Å². The molecule has 2 unspecified atom stereocenters. The van der Waals surface area contributed by atoms with E-state index in [1.807, 2.05) is 6.92 Å². The minimum absolute atomic E-state index is 0.0694. The first-order chi connectivity index (χ1) is 15.4. The minimum Gasteiger partial charge on any atom is -0.384 e. The highest BCUT2D eigenvalue weighted by Crippen LogP contribution is 2.41. The highest BCUT2D eigenvalue weighted by atomic mass is 35.5. The Labute approximate surface area is 185 Å². The standard InChI is InChI=1S/C21H19ClF2N6O2/c1-9(8-32-2)16-19(24)18(22)17(11-4-26-29-20(11)16)13-6-30-7-14(27-15(30)5-25-13)28-21(31)10-3-12(10)23/h4-7,9-10,12H,3,8H2,1-2H3,(H,26,29)(H,28,31)/t9-,10?,12?/m0/s1. The molecule has 0 spiro atoms. The van der Waals surface area contributed by atoms with E-state index < -0.39 is 23.8 Å². The van der Waals surface area contributed by atoms with Gasteiger partial charge in [-0.3, -0.25) is 14.9 Å². The van der Waals surface area contributed by atoms with Gasteiger partial charge in [0, 0.05) is 35.7 Å². The van der Waals surface area contributed by atoms with Crippen molar-refractivity contribution in [2.45, 2.75) is 25.4 Å². The molecule has 11 heteroatoms. The Kier molecular flexibility index (Phi) is 5.06. The number of fused-ring (bicyclic) bond motifs is 2. The molecule has 0 radical (unpaired) electrons. The Balaban J connectivity index is 1.57. The maximum Gasteiger partial charge on any atom is 0.231 e. The number of alkyl halides is 1. The van der Waals surface area contributed by atoms with E-state index in [4.69, 9.17) is 16.3 Å². The third kappa shape index (κ3) is 3.39. The van der Waals surface area contributed by atoms with Crippen LogP contribution in [0, 0.1) is 11.7 Å². The number of nitrogens with one attached hydrogen (secondary N) is 2. The molecule has 4 aromatic rings. The van der Waals surface area contributed by atoms with Gasteiger partial charge in [-0.2, -0.15) is 5.10 Å². The molecule has 0 bridgehead atoms. The number of H-pyrrole nitrogens is 1. The van der Waals surface area contributed by atoms with Crippen molar-refractivity contribution in [1.29, 1.82) is 0 Å². The van der Waals surface area contributed by atoms with Crippen LogP contribution in [0.3, 0.4) is 0 Å². The van der Waals surface area contributed by atoms with Gasteiger partial charge < -0.3 is 14.5 Å². The fraction of sp³-hybridized carbons (Fsp3) is 0.333. The number of nitrogens with zero attached hydrogens (tertiary/aromatic N) is 4. The molecular formula is C21H19ClF2N6O2. The highest BCUT2D eigenvalue weighted by Gasteiger charge is 2.43. The van der Waals surface area contributed by atoms with Gasteiger partial charge in [0.2, 0.25) is 5.91 Å². The molecule has 0 saturated heterocycles. The van der Waals surface area contributed by atoms with Gasteiger partial charge in [-0.1, -0.05) is 18.5 Å². The summed E-state index contributed by atoms with van der Waals surface area (Å²) >= 11 is 6.48. The fourth-order valence-electron chi connectivity index (χ4n) is 3.93. The average Bonchev–Trinajstić information content (AvgIpc) is 3.12. The molecule has 166 valence electrons. The molecule has 32 heavy (non-hydrogen) atoms. The van der Waals surface area contributed by atoms with Gasteiger partial charge >= 0.3 is 0 Å². The van der Waals surface area contributed by atoms with Crippen LogP contribution in [0.4, 0.5) is 14.6 Å². The number of carbonyl (C=O) groups is 1. The molecule has 1 aliphatic carbocycles. The predicted molar refractivity (Wildman–Crippen MR) is 115 cm³/mol. The first-order valence-electron chi connectivity index (χ1n) is 10.0. The number of rotatable bonds is 6. The zero-order valence-electron chi connectivity index (χ0n) is 17.2. The normalized spacial score (nSPS) is 18.9. The SMILES string of the molecule is COC[C@H](C)c1c(F)c(Cl)c(-c2cn3cc(NC(=O)C4CC4F)nc3cn2)c2cn[nH]c12. The number of methoxy groups -OCH3 is 1. The second kappa shape index (κ2) is 7.79. The number of hydrogen-bond donors (Lipinski definition) is 2. The number of anilines is 1. The second-order valence-electron chi connectivity index (χ2n) is 7.94. The molecule has 1 aromatic carbocycles. The molecule has 0 aliphatic heterocycles. The van der Waals surface area contributed by atoms with Crippen molar-refractivity contribution >= 4 is 39.9 Å². The van der Waals surface area contributed by atoms with Crippen molar-refractivity contribution in [3.8, 4) is 11.3 Å². The molecule has 8 nitrogen and oxygen atoms in total. The summed E-state index contributed by atoms with van der Waals surface area (Å²) < 4.78 is 35.3. The Bertz CT molecular complexity index is 1350. The number of amides is 1. The molecule has 1 aliphatic rings. The van der Waals surface area contributed by atoms with Crippen LogP contribution in [0.5, 0.6) is 0 Å². The van der Waals surface area contributed by atoms with Crippen molar-refractivity contribution < 1.29 is 18.3 Å². The van der Waals surface area contributed by atoms with Crippen molar-refractivity contribution in [3.63, 3.8) is 0 Å². The van der Waals surface area contributed by atoms with E-state index in [1.165, 1.54) is 6.20 Å². The van der Waals surface area contributed by atoms with Crippen LogP contribution in [0.25, 0.3) is 27.8 Å². The first-order valence-corrected chi connectivity index (χ1v) is 10.4. The Morgan fingerprint density at radius 3 is 2.94 bits per heavy atom. The highest BCUT2D eigenvalue weighted by molar-refractivity contribution is 6.35. The lowest BCUT2D eigenvalue weighted by Gasteiger charge is -2.16. The first kappa shape index (κ1) is 20.8. The Morgan fingerprint density at radius 2 is 2.22 bits per heavy atom. The van der Waals surface area contributed by atoms with Gasteiger partial charge in [0.25, 0.3) is 0 Å². The maximum atomic E-state index is 15.3. The third-order valence-corrected chi connectivity index (χ3v) is 5.99. The van der Waals surface area contributed by atoms with Gasteiger partial charge in [0.05, 0.1) is 47.3 Å². The van der Waals surface area contributed by atoms with E-state index in [2.05, 4.69) is 25.5 Å². The van der Waals surface area contributed by atoms with Crippen LogP contribution < -0.4 is 5.32 Å². The van der Waals surface area contributed by atoms with Crippen molar-refractivity contribution in [2.75, 3.05) is 19.0 Å². The van der Waals surface area contributed by atoms with Crippen LogP contribution >= 0.6 is 11.6 Å². The molecular weight excluding hydrogens is 442 g/mol. The van der Waals surface area contributed by atoms with E-state index in [9.17, 15) is 9.18 Å². The number of benzene rings is 1. The van der Waals surface area contributed by atoms with Gasteiger partial charge in [-0.25, -0.2) is 13.8 Å². The van der Waals surface area contributed by atoms with Gasteiger partial charge in [0.1, 0.15) is 12.0 Å². The summed E-state index contributed by atoms with van der Waals surface area (Å²) in [5, 5.41) is 10.1. The average molecular weight is 461 g/mol. The Morgan fingerprint density at radius 1 is 1.44 bits per heavy atom. The van der Waals surface area contributed by atoms with E-state index in [-0.39, 0.29) is 23.2 Å². The molecule has 1 fully saturated rings.